The van der Waals surface area contributed by atoms with E-state index in [-0.39, 0.29) is 5.91 Å². The lowest BCUT2D eigenvalue weighted by Crippen LogP contribution is -2.48. The second-order valence-electron chi connectivity index (χ2n) is 10.8. The molecule has 0 radical (unpaired) electrons. The molecule has 6 nitrogen and oxygen atoms in total. The second kappa shape index (κ2) is 11.2. The standard InChI is InChI=1S/C30H32Cl2N4O2S/c31-26-5-2-6-27(28(26)32)39(38)36-16-9-22-3-1-4-24(25(22)21-36)29(37)35-19-12-30(13-20-35)10-17-34(18-11-30)23-7-14-33-15-8-23/h1-8,14-15H,9-13,16-21H2. The number of amides is 1. The molecule has 4 heterocycles. The molecular weight excluding hydrogens is 551 g/mol. The summed E-state index contributed by atoms with van der Waals surface area (Å²) >= 11 is 12.6. The first-order chi connectivity index (χ1) is 18.9. The van der Waals surface area contributed by atoms with Gasteiger partial charge in [0.05, 0.1) is 14.9 Å². The molecule has 1 spiro atoms. The van der Waals surface area contributed by atoms with Crippen molar-refractivity contribution in [2.75, 3.05) is 37.6 Å². The summed E-state index contributed by atoms with van der Waals surface area (Å²) in [5.41, 5.74) is 4.43. The lowest BCUT2D eigenvalue weighted by Gasteiger charge is -2.47. The molecule has 0 bridgehead atoms. The van der Waals surface area contributed by atoms with Gasteiger partial charge in [-0.1, -0.05) is 41.4 Å². The third kappa shape index (κ3) is 5.34. The lowest BCUT2D eigenvalue weighted by atomic mass is 9.71. The van der Waals surface area contributed by atoms with Gasteiger partial charge in [-0.3, -0.25) is 9.78 Å². The molecule has 0 aliphatic carbocycles. The van der Waals surface area contributed by atoms with Crippen LogP contribution in [0.1, 0.15) is 47.2 Å². The van der Waals surface area contributed by atoms with E-state index in [1.165, 1.54) is 5.69 Å². The van der Waals surface area contributed by atoms with Gasteiger partial charge in [-0.2, -0.15) is 0 Å². The van der Waals surface area contributed by atoms with E-state index < -0.39 is 11.0 Å². The summed E-state index contributed by atoms with van der Waals surface area (Å²) < 4.78 is 15.3. The third-order valence-electron chi connectivity index (χ3n) is 8.77. The van der Waals surface area contributed by atoms with Crippen LogP contribution in [0.5, 0.6) is 0 Å². The van der Waals surface area contributed by atoms with Crippen LogP contribution >= 0.6 is 23.2 Å². The Balaban J connectivity index is 1.12. The molecule has 1 amide bonds. The van der Waals surface area contributed by atoms with Crippen molar-refractivity contribution in [3.8, 4) is 0 Å². The molecule has 39 heavy (non-hydrogen) atoms. The fraction of sp³-hybridized carbons (Fsp3) is 0.400. The van der Waals surface area contributed by atoms with Crippen LogP contribution in [0.3, 0.4) is 0 Å². The van der Waals surface area contributed by atoms with Gasteiger partial charge < -0.3 is 9.80 Å². The Morgan fingerprint density at radius 2 is 1.56 bits per heavy atom. The second-order valence-corrected chi connectivity index (χ2v) is 13.1. The van der Waals surface area contributed by atoms with Crippen LogP contribution in [0.2, 0.25) is 10.0 Å². The number of carbonyl (C=O) groups excluding carboxylic acids is 1. The van der Waals surface area contributed by atoms with Gasteiger partial charge in [0.15, 0.2) is 0 Å². The van der Waals surface area contributed by atoms with Crippen LogP contribution in [-0.2, 0) is 24.0 Å². The molecule has 0 N–H and O–H groups in total. The Morgan fingerprint density at radius 1 is 0.872 bits per heavy atom. The van der Waals surface area contributed by atoms with Gasteiger partial charge in [0, 0.05) is 62.9 Å². The van der Waals surface area contributed by atoms with Crippen molar-refractivity contribution in [1.82, 2.24) is 14.2 Å². The van der Waals surface area contributed by atoms with Gasteiger partial charge in [-0.15, -0.1) is 0 Å². The lowest BCUT2D eigenvalue weighted by molar-refractivity contribution is 0.0513. The van der Waals surface area contributed by atoms with Gasteiger partial charge in [0.25, 0.3) is 5.91 Å². The van der Waals surface area contributed by atoms with Gasteiger partial charge in [0.2, 0.25) is 0 Å². The molecule has 3 aliphatic rings. The first-order valence-electron chi connectivity index (χ1n) is 13.6. The number of fused-ring (bicyclic) bond motifs is 1. The molecule has 1 atom stereocenters. The molecule has 2 fully saturated rings. The molecular formula is C30H32Cl2N4O2S. The summed E-state index contributed by atoms with van der Waals surface area (Å²) in [5, 5.41) is 0.711. The Hall–Kier alpha value is -2.45. The van der Waals surface area contributed by atoms with Gasteiger partial charge in [0.1, 0.15) is 11.0 Å². The van der Waals surface area contributed by atoms with Crippen molar-refractivity contribution in [1.29, 1.82) is 0 Å². The summed E-state index contributed by atoms with van der Waals surface area (Å²) in [5.74, 6) is 0.0874. The van der Waals surface area contributed by atoms with Crippen molar-refractivity contribution in [2.45, 2.75) is 43.5 Å². The molecule has 3 aromatic rings. The Kier molecular flexibility index (Phi) is 7.68. The number of benzene rings is 2. The van der Waals surface area contributed by atoms with Crippen molar-refractivity contribution >= 4 is 45.8 Å². The number of carbonyl (C=O) groups is 1. The first kappa shape index (κ1) is 26.8. The summed E-state index contributed by atoms with van der Waals surface area (Å²) in [6.45, 7) is 4.73. The fourth-order valence-corrected chi connectivity index (χ4v) is 8.10. The van der Waals surface area contributed by atoms with Crippen molar-refractivity contribution in [3.05, 3.63) is 87.7 Å². The molecule has 3 aliphatic heterocycles. The van der Waals surface area contributed by atoms with E-state index in [0.717, 1.165) is 75.0 Å². The number of pyridine rings is 1. The molecule has 6 rings (SSSR count). The highest BCUT2D eigenvalue weighted by Gasteiger charge is 2.39. The average Bonchev–Trinajstić information content (AvgIpc) is 2.98. The van der Waals surface area contributed by atoms with Gasteiger partial charge in [-0.25, -0.2) is 8.51 Å². The maximum absolute atomic E-state index is 13.8. The van der Waals surface area contributed by atoms with Crippen LogP contribution in [0.15, 0.2) is 65.8 Å². The Labute approximate surface area is 242 Å². The fourth-order valence-electron chi connectivity index (χ4n) is 6.30. The quantitative estimate of drug-likeness (QED) is 0.379. The normalized spacial score (nSPS) is 20.1. The molecule has 2 aromatic carbocycles. The van der Waals surface area contributed by atoms with Crippen LogP contribution in [0.4, 0.5) is 5.69 Å². The highest BCUT2D eigenvalue weighted by atomic mass is 35.5. The van der Waals surface area contributed by atoms with Gasteiger partial charge >= 0.3 is 0 Å². The number of hydrogen-bond acceptors (Lipinski definition) is 4. The molecule has 9 heteroatoms. The maximum Gasteiger partial charge on any atom is 0.254 e. The summed E-state index contributed by atoms with van der Waals surface area (Å²) in [6, 6.07) is 15.4. The van der Waals surface area contributed by atoms with Crippen molar-refractivity contribution in [3.63, 3.8) is 0 Å². The third-order valence-corrected chi connectivity index (χ3v) is 11.2. The van der Waals surface area contributed by atoms with E-state index >= 15 is 0 Å². The zero-order chi connectivity index (χ0) is 27.0. The minimum absolute atomic E-state index is 0.0874. The number of anilines is 1. The highest BCUT2D eigenvalue weighted by molar-refractivity contribution is 7.82. The smallest absolute Gasteiger partial charge is 0.254 e. The summed E-state index contributed by atoms with van der Waals surface area (Å²) in [7, 11) is -1.47. The first-order valence-corrected chi connectivity index (χ1v) is 15.5. The Morgan fingerprint density at radius 3 is 2.31 bits per heavy atom. The van der Waals surface area contributed by atoms with Crippen LogP contribution in [-0.4, -0.2) is 57.0 Å². The van der Waals surface area contributed by atoms with E-state index in [9.17, 15) is 9.00 Å². The maximum atomic E-state index is 13.8. The predicted molar refractivity (Wildman–Crippen MR) is 157 cm³/mol. The van der Waals surface area contributed by atoms with Crippen molar-refractivity contribution in [2.24, 2.45) is 5.41 Å². The van der Waals surface area contributed by atoms with E-state index in [4.69, 9.17) is 23.2 Å². The number of aromatic nitrogens is 1. The van der Waals surface area contributed by atoms with E-state index in [0.29, 0.717) is 33.4 Å². The van der Waals surface area contributed by atoms with Crippen molar-refractivity contribution < 1.29 is 9.00 Å². The topological polar surface area (TPSA) is 56.8 Å². The zero-order valence-corrected chi connectivity index (χ0v) is 24.1. The monoisotopic (exact) mass is 582 g/mol. The largest absolute Gasteiger partial charge is 0.371 e. The number of rotatable bonds is 4. The molecule has 2 saturated heterocycles. The van der Waals surface area contributed by atoms with Crippen LogP contribution < -0.4 is 4.90 Å². The SMILES string of the molecule is O=C(c1cccc2c1CN(S(=O)c1cccc(Cl)c1Cl)CC2)N1CCC2(CC1)CCN(c1ccncc1)CC2. The predicted octanol–water partition coefficient (Wildman–Crippen LogP) is 5.99. The van der Waals surface area contributed by atoms with Crippen LogP contribution in [0, 0.1) is 5.41 Å². The number of piperidine rings is 2. The zero-order valence-electron chi connectivity index (χ0n) is 21.8. The number of likely N-dealkylation sites (tertiary alicyclic amines) is 1. The molecule has 204 valence electrons. The number of nitrogens with zero attached hydrogens (tertiary/aromatic N) is 4. The minimum Gasteiger partial charge on any atom is -0.371 e. The Bertz CT molecular complexity index is 1380. The minimum atomic E-state index is -1.47. The number of hydrogen-bond donors (Lipinski definition) is 0. The summed E-state index contributed by atoms with van der Waals surface area (Å²) in [4.78, 5) is 22.9. The highest BCUT2D eigenvalue weighted by Crippen LogP contribution is 2.42. The molecule has 0 saturated carbocycles. The van der Waals surface area contributed by atoms with E-state index in [2.05, 4.69) is 28.1 Å². The average molecular weight is 584 g/mol. The number of halogens is 2. The van der Waals surface area contributed by atoms with Gasteiger partial charge in [-0.05, 0) is 79.0 Å². The summed E-state index contributed by atoms with van der Waals surface area (Å²) in [6.07, 6.45) is 8.85. The molecule has 1 aromatic heterocycles. The van der Waals surface area contributed by atoms with E-state index in [1.54, 1.807) is 18.2 Å². The van der Waals surface area contributed by atoms with Crippen LogP contribution in [0.25, 0.3) is 0 Å². The molecule has 1 unspecified atom stereocenters. The van der Waals surface area contributed by atoms with E-state index in [1.807, 2.05) is 33.7 Å².